The number of anilines is 1. The second-order valence-electron chi connectivity index (χ2n) is 7.04. The van der Waals surface area contributed by atoms with E-state index in [-0.39, 0.29) is 17.9 Å². The molecule has 3 rings (SSSR count). The maximum Gasteiger partial charge on any atom is 0.255 e. The summed E-state index contributed by atoms with van der Waals surface area (Å²) in [6.07, 6.45) is 3.00. The molecule has 1 aromatic carbocycles. The maximum atomic E-state index is 12.9. The third-order valence-electron chi connectivity index (χ3n) is 4.66. The highest BCUT2D eigenvalue weighted by atomic mass is 16.5. The van der Waals surface area contributed by atoms with Crippen LogP contribution in [0, 0.1) is 0 Å². The highest BCUT2D eigenvalue weighted by Crippen LogP contribution is 2.28. The average Bonchev–Trinajstić information content (AvgIpc) is 2.73. The van der Waals surface area contributed by atoms with Gasteiger partial charge in [0.15, 0.2) is 0 Å². The molecule has 7 nitrogen and oxygen atoms in total. The van der Waals surface area contributed by atoms with Gasteiger partial charge in [-0.25, -0.2) is 0 Å². The van der Waals surface area contributed by atoms with E-state index in [0.717, 1.165) is 11.4 Å². The molecule has 0 radical (unpaired) electrons. The molecule has 7 heteroatoms. The summed E-state index contributed by atoms with van der Waals surface area (Å²) in [7, 11) is 1.66. The number of para-hydroxylation sites is 2. The quantitative estimate of drug-likeness (QED) is 0.858. The van der Waals surface area contributed by atoms with Crippen LogP contribution in [-0.4, -0.2) is 61.0 Å². The zero-order chi connectivity index (χ0) is 20.1. The average molecular weight is 382 g/mol. The number of carbonyl (C=O) groups excluding carboxylic acids is 2. The maximum absolute atomic E-state index is 12.9. The fraction of sp³-hybridized carbons (Fsp3) is 0.381. The molecule has 2 aromatic rings. The van der Waals surface area contributed by atoms with E-state index >= 15 is 0 Å². The van der Waals surface area contributed by atoms with Crippen molar-refractivity contribution in [2.45, 2.75) is 19.9 Å². The lowest BCUT2D eigenvalue weighted by atomic mass is 10.1. The Morgan fingerprint density at radius 1 is 1.07 bits per heavy atom. The number of carbonyl (C=O) groups is 2. The molecule has 1 N–H and O–H groups in total. The minimum atomic E-state index is -0.224. The van der Waals surface area contributed by atoms with Crippen LogP contribution in [0.4, 0.5) is 5.69 Å². The first-order chi connectivity index (χ1) is 13.5. The van der Waals surface area contributed by atoms with Crippen molar-refractivity contribution < 1.29 is 14.3 Å². The molecule has 0 saturated carbocycles. The molecule has 0 spiro atoms. The van der Waals surface area contributed by atoms with Crippen molar-refractivity contribution in [3.8, 4) is 5.75 Å². The van der Waals surface area contributed by atoms with Gasteiger partial charge in [-0.15, -0.1) is 0 Å². The summed E-state index contributed by atoms with van der Waals surface area (Å²) in [4.78, 5) is 33.1. The summed E-state index contributed by atoms with van der Waals surface area (Å²) in [5, 5.41) is 2.82. The highest BCUT2D eigenvalue weighted by molar-refractivity contribution is 5.99. The molecule has 0 aliphatic carbocycles. The number of rotatable bonds is 5. The third kappa shape index (κ3) is 4.42. The highest BCUT2D eigenvalue weighted by Gasteiger charge is 2.24. The molecule has 0 unspecified atom stereocenters. The second-order valence-corrected chi connectivity index (χ2v) is 7.04. The lowest BCUT2D eigenvalue weighted by molar-refractivity contribution is 0.0746. The Morgan fingerprint density at radius 3 is 2.43 bits per heavy atom. The first kappa shape index (κ1) is 19.7. The van der Waals surface area contributed by atoms with Crippen LogP contribution in [0.25, 0.3) is 0 Å². The van der Waals surface area contributed by atoms with Crippen LogP contribution in [-0.2, 0) is 0 Å². The third-order valence-corrected chi connectivity index (χ3v) is 4.66. The summed E-state index contributed by atoms with van der Waals surface area (Å²) in [6, 6.07) is 9.52. The number of hydrogen-bond acceptors (Lipinski definition) is 5. The number of methoxy groups -OCH3 is 1. The first-order valence-corrected chi connectivity index (χ1v) is 9.42. The SMILES string of the molecule is COc1ccccc1N1CCN(C(=O)c2cncc(C(=O)NC(C)C)c2)CC1. The summed E-state index contributed by atoms with van der Waals surface area (Å²) in [6.45, 7) is 6.40. The number of nitrogens with one attached hydrogen (secondary N) is 1. The number of aromatic nitrogens is 1. The van der Waals surface area contributed by atoms with E-state index in [1.807, 2.05) is 38.1 Å². The fourth-order valence-corrected chi connectivity index (χ4v) is 3.25. The number of pyridine rings is 1. The number of amides is 2. The Bertz CT molecular complexity index is 845. The van der Waals surface area contributed by atoms with Crippen LogP contribution in [0.3, 0.4) is 0 Å². The molecule has 1 aliphatic heterocycles. The molecule has 0 atom stereocenters. The van der Waals surface area contributed by atoms with E-state index in [1.54, 1.807) is 18.1 Å². The Labute approximate surface area is 165 Å². The number of nitrogens with zero attached hydrogens (tertiary/aromatic N) is 3. The van der Waals surface area contributed by atoms with Crippen molar-refractivity contribution in [1.29, 1.82) is 0 Å². The van der Waals surface area contributed by atoms with Gasteiger partial charge in [0.1, 0.15) is 5.75 Å². The molecule has 28 heavy (non-hydrogen) atoms. The summed E-state index contributed by atoms with van der Waals surface area (Å²) in [5.41, 5.74) is 1.86. The van der Waals surface area contributed by atoms with Crippen LogP contribution >= 0.6 is 0 Å². The zero-order valence-corrected chi connectivity index (χ0v) is 16.5. The Hall–Kier alpha value is -3.09. The van der Waals surface area contributed by atoms with Gasteiger partial charge >= 0.3 is 0 Å². The van der Waals surface area contributed by atoms with E-state index in [2.05, 4.69) is 15.2 Å². The van der Waals surface area contributed by atoms with E-state index < -0.39 is 0 Å². The molecule has 0 bridgehead atoms. The Kier molecular flexibility index (Phi) is 6.13. The van der Waals surface area contributed by atoms with Crippen molar-refractivity contribution in [2.75, 3.05) is 38.2 Å². The van der Waals surface area contributed by atoms with Gasteiger partial charge in [0.25, 0.3) is 11.8 Å². The van der Waals surface area contributed by atoms with E-state index in [1.165, 1.54) is 12.4 Å². The van der Waals surface area contributed by atoms with Crippen molar-refractivity contribution in [1.82, 2.24) is 15.2 Å². The molecule has 1 saturated heterocycles. The fourth-order valence-electron chi connectivity index (χ4n) is 3.25. The zero-order valence-electron chi connectivity index (χ0n) is 16.5. The van der Waals surface area contributed by atoms with Crippen molar-refractivity contribution in [3.05, 3.63) is 53.9 Å². The van der Waals surface area contributed by atoms with Crippen LogP contribution < -0.4 is 15.0 Å². The van der Waals surface area contributed by atoms with E-state index in [4.69, 9.17) is 4.74 Å². The van der Waals surface area contributed by atoms with Gasteiger partial charge in [-0.3, -0.25) is 14.6 Å². The van der Waals surface area contributed by atoms with Gasteiger partial charge in [-0.05, 0) is 32.0 Å². The minimum absolute atomic E-state index is 0.0231. The van der Waals surface area contributed by atoms with Gasteiger partial charge in [0, 0.05) is 44.6 Å². The monoisotopic (exact) mass is 382 g/mol. The van der Waals surface area contributed by atoms with E-state index in [9.17, 15) is 9.59 Å². The molecule has 2 heterocycles. The second kappa shape index (κ2) is 8.73. The normalized spacial score (nSPS) is 14.1. The first-order valence-electron chi connectivity index (χ1n) is 9.42. The number of hydrogen-bond donors (Lipinski definition) is 1. The van der Waals surface area contributed by atoms with Gasteiger partial charge in [0.05, 0.1) is 23.9 Å². The molecule has 2 amide bonds. The number of piperazine rings is 1. The Morgan fingerprint density at radius 2 is 1.75 bits per heavy atom. The largest absolute Gasteiger partial charge is 0.495 e. The number of ether oxygens (including phenoxy) is 1. The molecule has 1 aliphatic rings. The van der Waals surface area contributed by atoms with Gasteiger partial charge in [0.2, 0.25) is 0 Å². The summed E-state index contributed by atoms with van der Waals surface area (Å²) in [5.74, 6) is 0.500. The van der Waals surface area contributed by atoms with Crippen molar-refractivity contribution in [2.24, 2.45) is 0 Å². The van der Waals surface area contributed by atoms with Crippen LogP contribution in [0.5, 0.6) is 5.75 Å². The lowest BCUT2D eigenvalue weighted by Gasteiger charge is -2.36. The topological polar surface area (TPSA) is 74.8 Å². The van der Waals surface area contributed by atoms with Gasteiger partial charge < -0.3 is 19.9 Å². The van der Waals surface area contributed by atoms with Gasteiger partial charge in [-0.2, -0.15) is 0 Å². The minimum Gasteiger partial charge on any atom is -0.495 e. The molecule has 1 fully saturated rings. The standard InChI is InChI=1S/C21H26N4O3/c1-15(2)23-20(26)16-12-17(14-22-13-16)21(27)25-10-8-24(9-11-25)18-6-4-5-7-19(18)28-3/h4-7,12-15H,8-11H2,1-3H3,(H,23,26). The smallest absolute Gasteiger partial charge is 0.255 e. The summed E-state index contributed by atoms with van der Waals surface area (Å²) < 4.78 is 5.44. The molecular formula is C21H26N4O3. The van der Waals surface area contributed by atoms with Crippen LogP contribution in [0.15, 0.2) is 42.7 Å². The molecule has 148 valence electrons. The van der Waals surface area contributed by atoms with Crippen LogP contribution in [0.1, 0.15) is 34.6 Å². The number of benzene rings is 1. The molecular weight excluding hydrogens is 356 g/mol. The predicted octanol–water partition coefficient (Wildman–Crippen LogP) is 2.19. The van der Waals surface area contributed by atoms with E-state index in [0.29, 0.717) is 37.3 Å². The van der Waals surface area contributed by atoms with Crippen molar-refractivity contribution >= 4 is 17.5 Å². The van der Waals surface area contributed by atoms with Crippen LogP contribution in [0.2, 0.25) is 0 Å². The molecule has 1 aromatic heterocycles. The lowest BCUT2D eigenvalue weighted by Crippen LogP contribution is -2.49. The van der Waals surface area contributed by atoms with Gasteiger partial charge in [-0.1, -0.05) is 12.1 Å². The van der Waals surface area contributed by atoms with Crippen molar-refractivity contribution in [3.63, 3.8) is 0 Å². The predicted molar refractivity (Wildman–Crippen MR) is 108 cm³/mol. The summed E-state index contributed by atoms with van der Waals surface area (Å²) >= 11 is 0. The Balaban J connectivity index is 1.66.